The number of amides is 1. The molecule has 1 heterocycles. The average Bonchev–Trinajstić information content (AvgIpc) is 3.02. The Labute approximate surface area is 144 Å². The maximum atomic E-state index is 13.8. The monoisotopic (exact) mass is 349 g/mol. The largest absolute Gasteiger partial charge is 0.494 e. The van der Waals surface area contributed by atoms with Gasteiger partial charge in [0.15, 0.2) is 23.4 Å². The second kappa shape index (κ2) is 7.83. The van der Waals surface area contributed by atoms with Crippen molar-refractivity contribution >= 4 is 11.9 Å². The Morgan fingerprint density at radius 1 is 1.28 bits per heavy atom. The van der Waals surface area contributed by atoms with E-state index in [2.05, 4.69) is 5.32 Å². The second-order valence-electron chi connectivity index (χ2n) is 5.40. The minimum Gasteiger partial charge on any atom is -0.494 e. The fraction of sp³-hybridized carbons (Fsp3) is 0.333. The Balaban J connectivity index is 2.27. The Kier molecular flexibility index (Phi) is 5.80. The number of carboxylic acid groups (broad SMARTS) is 1. The normalized spacial score (nSPS) is 11.8. The molecule has 0 saturated carbocycles. The molecule has 2 rings (SSSR count). The van der Waals surface area contributed by atoms with E-state index >= 15 is 0 Å². The van der Waals surface area contributed by atoms with Crippen LogP contribution in [0.4, 0.5) is 4.39 Å². The number of aliphatic carboxylic acids is 1. The van der Waals surface area contributed by atoms with Crippen molar-refractivity contribution in [2.75, 3.05) is 7.11 Å². The van der Waals surface area contributed by atoms with Gasteiger partial charge in [0.2, 0.25) is 0 Å². The van der Waals surface area contributed by atoms with E-state index in [1.165, 1.54) is 19.2 Å². The standard InChI is InChI=1S/C18H20FNO5/c1-4-10-9-15(25-13(10)5-2)17(21)20-16(18(22)23)11-6-7-14(24-3)12(19)8-11/h6-9,16H,4-5H2,1-3H3,(H,20,21)(H,22,23). The van der Waals surface area contributed by atoms with E-state index in [1.807, 2.05) is 13.8 Å². The molecule has 1 amide bonds. The van der Waals surface area contributed by atoms with Crippen molar-refractivity contribution in [1.29, 1.82) is 0 Å². The van der Waals surface area contributed by atoms with E-state index in [0.717, 1.165) is 11.6 Å². The number of ether oxygens (including phenoxy) is 1. The van der Waals surface area contributed by atoms with Crippen molar-refractivity contribution in [3.05, 3.63) is 52.7 Å². The summed E-state index contributed by atoms with van der Waals surface area (Å²) < 4.78 is 24.1. The maximum Gasteiger partial charge on any atom is 0.330 e. The smallest absolute Gasteiger partial charge is 0.330 e. The number of carbonyl (C=O) groups excluding carboxylic acids is 1. The lowest BCUT2D eigenvalue weighted by Crippen LogP contribution is -2.33. The number of benzene rings is 1. The highest BCUT2D eigenvalue weighted by Crippen LogP contribution is 2.23. The molecule has 2 N–H and O–H groups in total. The molecular weight excluding hydrogens is 329 g/mol. The Morgan fingerprint density at radius 2 is 2.00 bits per heavy atom. The van der Waals surface area contributed by atoms with Crippen molar-refractivity contribution in [3.63, 3.8) is 0 Å². The molecule has 0 aliphatic carbocycles. The summed E-state index contributed by atoms with van der Waals surface area (Å²) in [4.78, 5) is 23.9. The first kappa shape index (κ1) is 18.5. The zero-order chi connectivity index (χ0) is 18.6. The van der Waals surface area contributed by atoms with Crippen molar-refractivity contribution in [2.24, 2.45) is 0 Å². The van der Waals surface area contributed by atoms with Gasteiger partial charge in [0.1, 0.15) is 5.76 Å². The number of aryl methyl sites for hydroxylation is 2. The van der Waals surface area contributed by atoms with Crippen molar-refractivity contribution < 1.29 is 28.2 Å². The van der Waals surface area contributed by atoms with Crippen LogP contribution in [0.5, 0.6) is 5.75 Å². The molecule has 0 fully saturated rings. The number of hydrogen-bond donors (Lipinski definition) is 2. The van der Waals surface area contributed by atoms with Gasteiger partial charge in [-0.05, 0) is 35.7 Å². The van der Waals surface area contributed by atoms with Gasteiger partial charge < -0.3 is 19.6 Å². The molecule has 0 spiro atoms. The molecule has 1 aromatic heterocycles. The van der Waals surface area contributed by atoms with Crippen molar-refractivity contribution in [2.45, 2.75) is 32.7 Å². The van der Waals surface area contributed by atoms with Crippen LogP contribution in [0.15, 0.2) is 28.7 Å². The third-order valence-corrected chi connectivity index (χ3v) is 3.85. The number of rotatable bonds is 7. The van der Waals surface area contributed by atoms with Gasteiger partial charge >= 0.3 is 5.97 Å². The van der Waals surface area contributed by atoms with E-state index in [-0.39, 0.29) is 17.1 Å². The number of methoxy groups -OCH3 is 1. The summed E-state index contributed by atoms with van der Waals surface area (Å²) in [6.45, 7) is 3.84. The van der Waals surface area contributed by atoms with Crippen molar-refractivity contribution in [1.82, 2.24) is 5.32 Å². The summed E-state index contributed by atoms with van der Waals surface area (Å²) in [5, 5.41) is 11.8. The molecule has 2 aromatic rings. The molecule has 0 radical (unpaired) electrons. The molecule has 0 bridgehead atoms. The predicted molar refractivity (Wildman–Crippen MR) is 88.3 cm³/mol. The van der Waals surface area contributed by atoms with Gasteiger partial charge in [-0.2, -0.15) is 0 Å². The molecule has 0 aliphatic heterocycles. The number of halogens is 1. The summed E-state index contributed by atoms with van der Waals surface area (Å²) in [5.41, 5.74) is 0.993. The van der Waals surface area contributed by atoms with E-state index in [1.54, 1.807) is 6.07 Å². The van der Waals surface area contributed by atoms with Crippen LogP contribution in [-0.4, -0.2) is 24.1 Å². The summed E-state index contributed by atoms with van der Waals surface area (Å²) in [5.74, 6) is -1.97. The van der Waals surface area contributed by atoms with Crippen LogP contribution in [0.3, 0.4) is 0 Å². The van der Waals surface area contributed by atoms with Gasteiger partial charge in [0, 0.05) is 6.42 Å². The van der Waals surface area contributed by atoms with E-state index < -0.39 is 23.7 Å². The number of hydrogen-bond acceptors (Lipinski definition) is 4. The van der Waals surface area contributed by atoms with Gasteiger partial charge in [-0.25, -0.2) is 9.18 Å². The zero-order valence-electron chi connectivity index (χ0n) is 14.3. The minimum atomic E-state index is -1.41. The van der Waals surface area contributed by atoms with Crippen molar-refractivity contribution in [3.8, 4) is 5.75 Å². The van der Waals surface area contributed by atoms with Crippen LogP contribution in [0.2, 0.25) is 0 Å². The molecule has 7 heteroatoms. The van der Waals surface area contributed by atoms with Crippen LogP contribution < -0.4 is 10.1 Å². The molecule has 0 aliphatic rings. The highest BCUT2D eigenvalue weighted by atomic mass is 19.1. The van der Waals surface area contributed by atoms with Crippen LogP contribution in [0, 0.1) is 5.82 Å². The summed E-state index contributed by atoms with van der Waals surface area (Å²) in [7, 11) is 1.31. The van der Waals surface area contributed by atoms with Gasteiger partial charge in [0.25, 0.3) is 5.91 Å². The van der Waals surface area contributed by atoms with E-state index in [0.29, 0.717) is 18.6 Å². The van der Waals surface area contributed by atoms with Crippen LogP contribution in [0.1, 0.15) is 47.3 Å². The van der Waals surface area contributed by atoms with Gasteiger partial charge in [-0.1, -0.05) is 19.9 Å². The maximum absolute atomic E-state index is 13.8. The molecule has 6 nitrogen and oxygen atoms in total. The molecule has 1 aromatic carbocycles. The molecule has 0 saturated heterocycles. The Morgan fingerprint density at radius 3 is 2.48 bits per heavy atom. The SMILES string of the molecule is CCc1cc(C(=O)NC(C(=O)O)c2ccc(OC)c(F)c2)oc1CC. The van der Waals surface area contributed by atoms with Gasteiger partial charge in [-0.3, -0.25) is 4.79 Å². The summed E-state index contributed by atoms with van der Waals surface area (Å²) in [6.07, 6.45) is 1.33. The summed E-state index contributed by atoms with van der Waals surface area (Å²) >= 11 is 0. The highest BCUT2D eigenvalue weighted by Gasteiger charge is 2.26. The lowest BCUT2D eigenvalue weighted by atomic mass is 10.1. The van der Waals surface area contributed by atoms with Crippen LogP contribution in [0.25, 0.3) is 0 Å². The highest BCUT2D eigenvalue weighted by molar-refractivity contribution is 5.94. The first-order chi connectivity index (χ1) is 11.9. The number of furan rings is 1. The molecular formula is C18H20FNO5. The van der Waals surface area contributed by atoms with E-state index in [9.17, 15) is 19.1 Å². The quantitative estimate of drug-likeness (QED) is 0.802. The molecule has 1 atom stereocenters. The number of carboxylic acids is 1. The third kappa shape index (κ3) is 3.99. The van der Waals surface area contributed by atoms with Gasteiger partial charge in [0.05, 0.1) is 7.11 Å². The fourth-order valence-corrected chi connectivity index (χ4v) is 2.53. The van der Waals surface area contributed by atoms with E-state index in [4.69, 9.17) is 9.15 Å². The fourth-order valence-electron chi connectivity index (χ4n) is 2.53. The van der Waals surface area contributed by atoms with Gasteiger partial charge in [-0.15, -0.1) is 0 Å². The lowest BCUT2D eigenvalue weighted by Gasteiger charge is -2.15. The Bertz CT molecular complexity index is 762. The lowest BCUT2D eigenvalue weighted by molar-refractivity contribution is -0.139. The molecule has 1 unspecified atom stereocenters. The average molecular weight is 349 g/mol. The second-order valence-corrected chi connectivity index (χ2v) is 5.40. The summed E-state index contributed by atoms with van der Waals surface area (Å²) in [6, 6.07) is 3.91. The number of nitrogens with one attached hydrogen (secondary N) is 1. The third-order valence-electron chi connectivity index (χ3n) is 3.85. The molecule has 25 heavy (non-hydrogen) atoms. The Hall–Kier alpha value is -2.83. The first-order valence-corrected chi connectivity index (χ1v) is 7.89. The number of carbonyl (C=O) groups is 2. The zero-order valence-corrected chi connectivity index (χ0v) is 14.3. The predicted octanol–water partition coefficient (Wildman–Crippen LogP) is 3.11. The first-order valence-electron chi connectivity index (χ1n) is 7.89. The molecule has 134 valence electrons. The minimum absolute atomic E-state index is 0.00887. The van der Waals surface area contributed by atoms with Crippen LogP contribution >= 0.6 is 0 Å². The topological polar surface area (TPSA) is 88.8 Å². The van der Waals surface area contributed by atoms with Crippen LogP contribution in [-0.2, 0) is 17.6 Å².